The Balaban J connectivity index is 0. The van der Waals surface area contributed by atoms with E-state index in [1.165, 1.54) is 12.3 Å². The number of pyridine rings is 1. The average Bonchev–Trinajstić information content (AvgIpc) is 2.29. The number of benzene rings is 1. The molecule has 0 aliphatic rings. The van der Waals surface area contributed by atoms with Crippen molar-refractivity contribution in [3.63, 3.8) is 0 Å². The molecule has 112 valence electrons. The Kier molecular flexibility index (Phi) is 9.87. The largest absolute Gasteiger partial charge is 0.855 e. The van der Waals surface area contributed by atoms with Crippen molar-refractivity contribution >= 4 is 40.1 Å². The predicted molar refractivity (Wildman–Crippen MR) is 78.6 cm³/mol. The van der Waals surface area contributed by atoms with Gasteiger partial charge < -0.3 is 27.3 Å². The van der Waals surface area contributed by atoms with E-state index < -0.39 is 5.97 Å². The quantitative estimate of drug-likeness (QED) is 0.825. The lowest BCUT2D eigenvalue weighted by atomic mass is 10.1. The van der Waals surface area contributed by atoms with Crippen molar-refractivity contribution in [1.29, 1.82) is 0 Å². The summed E-state index contributed by atoms with van der Waals surface area (Å²) < 4.78 is 0. The standard InChI is InChI=1S/C10H5Cl2NO2.C2H5O.2H3N/c11-6-3-5-1-2-7(12)8(10(14)15)9(5)13-4-6;1-2-3;;/h1-4H,(H,14,15);2H2,1H3;2*1H3/q;-1;;/p+1. The van der Waals surface area contributed by atoms with E-state index in [1.807, 2.05) is 0 Å². The van der Waals surface area contributed by atoms with Crippen LogP contribution in [-0.4, -0.2) is 17.6 Å². The van der Waals surface area contributed by atoms with Gasteiger partial charge in [-0.2, -0.15) is 0 Å². The normalized spacial score (nSPS) is 8.80. The number of hydrogen-bond donors (Lipinski definition) is 2. The first-order valence-electron chi connectivity index (χ1n) is 5.04. The number of hydrogen-bond acceptors (Lipinski definition) is 4. The van der Waals surface area contributed by atoms with Crippen molar-refractivity contribution in [1.82, 2.24) is 17.3 Å². The molecule has 0 aliphatic heterocycles. The molecule has 0 bridgehead atoms. The number of fused-ring (bicyclic) bond motifs is 1. The highest BCUT2D eigenvalue weighted by molar-refractivity contribution is 6.35. The van der Waals surface area contributed by atoms with Crippen LogP contribution in [0.15, 0.2) is 24.4 Å². The Labute approximate surface area is 126 Å². The molecule has 0 spiro atoms. The Hall–Kier alpha value is -1.44. The number of carboxylic acids is 1. The molecule has 0 radical (unpaired) electrons. The van der Waals surface area contributed by atoms with E-state index in [0.29, 0.717) is 10.4 Å². The molecule has 0 fully saturated rings. The molecule has 0 saturated carbocycles. The molecule has 2 aromatic rings. The number of carboxylic acid groups (broad SMARTS) is 1. The van der Waals surface area contributed by atoms with E-state index in [9.17, 15) is 9.90 Å². The smallest absolute Gasteiger partial charge is 0.0808 e. The van der Waals surface area contributed by atoms with E-state index in [4.69, 9.17) is 28.3 Å². The zero-order valence-corrected chi connectivity index (χ0v) is 13.0. The number of carbonyl (C=O) groups excluding carboxylic acids is 1. The third-order valence-electron chi connectivity index (χ3n) is 1.97. The minimum Gasteiger partial charge on any atom is -0.855 e. The first kappa shape index (κ1) is 20.9. The van der Waals surface area contributed by atoms with Crippen LogP contribution in [0.2, 0.25) is 10.0 Å². The highest BCUT2D eigenvalue weighted by Gasteiger charge is 2.08. The fourth-order valence-electron chi connectivity index (χ4n) is 1.34. The number of rotatable bonds is 1. The maximum absolute atomic E-state index is 10.9. The van der Waals surface area contributed by atoms with E-state index in [-0.39, 0.29) is 35.0 Å². The summed E-state index contributed by atoms with van der Waals surface area (Å²) in [4.78, 5) is 14.8. The molecule has 0 amide bonds. The van der Waals surface area contributed by atoms with Crippen molar-refractivity contribution in [3.05, 3.63) is 40.0 Å². The van der Waals surface area contributed by atoms with Crippen LogP contribution in [-0.2, 0) is 0 Å². The molecule has 0 aliphatic carbocycles. The second-order valence-corrected chi connectivity index (χ2v) is 4.07. The Morgan fingerprint density at radius 2 is 1.85 bits per heavy atom. The van der Waals surface area contributed by atoms with E-state index in [0.717, 1.165) is 0 Å². The molecule has 1 aromatic heterocycles. The fourth-order valence-corrected chi connectivity index (χ4v) is 1.74. The van der Waals surface area contributed by atoms with Gasteiger partial charge in [0.2, 0.25) is 0 Å². The number of halogens is 2. The van der Waals surface area contributed by atoms with Gasteiger partial charge in [0.15, 0.2) is 0 Å². The summed E-state index contributed by atoms with van der Waals surface area (Å²) in [5.41, 5.74) is 0.178. The van der Waals surface area contributed by atoms with Gasteiger partial charge in [-0.15, -0.1) is 6.61 Å². The maximum Gasteiger partial charge on any atom is 0.0808 e. The summed E-state index contributed by atoms with van der Waals surface area (Å²) in [5, 5.41) is 20.9. The number of nitrogens with zero attached hydrogens (tertiary/aromatic N) is 1. The van der Waals surface area contributed by atoms with Gasteiger partial charge in [-0.1, -0.05) is 36.2 Å². The van der Waals surface area contributed by atoms with E-state index in [2.05, 4.69) is 4.98 Å². The minimum atomic E-state index is -1.35. The van der Waals surface area contributed by atoms with Gasteiger partial charge in [0.05, 0.1) is 21.5 Å². The molecule has 8 heteroatoms. The van der Waals surface area contributed by atoms with Crippen molar-refractivity contribution in [2.24, 2.45) is 0 Å². The van der Waals surface area contributed by atoms with Crippen LogP contribution in [0, 0.1) is 0 Å². The van der Waals surface area contributed by atoms with Crippen LogP contribution in [0.1, 0.15) is 17.3 Å². The van der Waals surface area contributed by atoms with Crippen LogP contribution in [0.25, 0.3) is 10.9 Å². The van der Waals surface area contributed by atoms with Crippen LogP contribution in [0.4, 0.5) is 0 Å². The summed E-state index contributed by atoms with van der Waals surface area (Å²) in [6.45, 7) is 1.57. The second-order valence-electron chi connectivity index (χ2n) is 3.22. The third-order valence-corrected chi connectivity index (χ3v) is 2.49. The van der Waals surface area contributed by atoms with Crippen molar-refractivity contribution in [3.8, 4) is 0 Å². The highest BCUT2D eigenvalue weighted by Crippen LogP contribution is 2.25. The number of aromatic nitrogens is 1. The van der Waals surface area contributed by atoms with Crippen molar-refractivity contribution < 1.29 is 15.0 Å². The van der Waals surface area contributed by atoms with Crippen molar-refractivity contribution in [2.75, 3.05) is 6.61 Å². The third kappa shape index (κ3) is 4.92. The topological polar surface area (TPSA) is 149 Å². The van der Waals surface area contributed by atoms with Gasteiger partial charge in [0.1, 0.15) is 0 Å². The molecule has 0 saturated heterocycles. The summed E-state index contributed by atoms with van der Waals surface area (Å²) in [7, 11) is 0. The van der Waals surface area contributed by atoms with E-state index >= 15 is 0 Å². The molecular formula is C12H17Cl2N3O3. The maximum atomic E-state index is 10.9. The molecule has 0 unspecified atom stereocenters. The molecule has 0 atom stereocenters. The van der Waals surface area contributed by atoms with Gasteiger partial charge >= 0.3 is 0 Å². The first-order chi connectivity index (χ1) is 8.51. The van der Waals surface area contributed by atoms with Gasteiger partial charge in [-0.05, 0) is 12.1 Å². The average molecular weight is 322 g/mol. The van der Waals surface area contributed by atoms with Crippen LogP contribution >= 0.6 is 23.2 Å². The monoisotopic (exact) mass is 321 g/mol. The molecule has 1 aromatic carbocycles. The lowest BCUT2D eigenvalue weighted by Gasteiger charge is -2.08. The molecule has 20 heavy (non-hydrogen) atoms. The lowest BCUT2D eigenvalue weighted by Crippen LogP contribution is -2.23. The summed E-state index contributed by atoms with van der Waals surface area (Å²) in [6.07, 6.45) is 1.37. The van der Waals surface area contributed by atoms with Gasteiger partial charge in [-0.25, -0.2) is 0 Å². The Morgan fingerprint density at radius 1 is 1.30 bits per heavy atom. The van der Waals surface area contributed by atoms with Gasteiger partial charge in [-0.3, -0.25) is 4.98 Å². The lowest BCUT2D eigenvalue weighted by molar-refractivity contribution is -0.361. The number of carbonyl (C=O) groups is 1. The molecule has 2 rings (SSSR count). The summed E-state index contributed by atoms with van der Waals surface area (Å²) in [5.74, 6) is -1.35. The van der Waals surface area contributed by atoms with Crippen LogP contribution in [0.5, 0.6) is 0 Å². The minimum absolute atomic E-state index is 0. The summed E-state index contributed by atoms with van der Waals surface area (Å²) in [6, 6.07) is 4.75. The SMILES string of the molecule is CC[O-].O=C([O-])c1c(Cl)ccc2cc(Cl)cnc12.[NH4+].[NH4+]. The highest BCUT2D eigenvalue weighted by atomic mass is 35.5. The molecule has 8 N–H and O–H groups in total. The molecule has 1 heterocycles. The first-order valence-corrected chi connectivity index (χ1v) is 5.80. The zero-order chi connectivity index (χ0) is 13.7. The summed E-state index contributed by atoms with van der Waals surface area (Å²) >= 11 is 11.5. The second kappa shape index (κ2) is 9.46. The Bertz CT molecular complexity index is 579. The van der Waals surface area contributed by atoms with Crippen LogP contribution < -0.4 is 22.5 Å². The van der Waals surface area contributed by atoms with Gasteiger partial charge in [0, 0.05) is 17.1 Å². The fraction of sp³-hybridized carbons (Fsp3) is 0.167. The molecule has 6 nitrogen and oxygen atoms in total. The van der Waals surface area contributed by atoms with E-state index in [1.54, 1.807) is 19.1 Å². The zero-order valence-electron chi connectivity index (χ0n) is 11.4. The predicted octanol–water partition coefficient (Wildman–Crippen LogP) is 2.02. The van der Waals surface area contributed by atoms with Gasteiger partial charge in [0.25, 0.3) is 0 Å². The van der Waals surface area contributed by atoms with Crippen LogP contribution in [0.3, 0.4) is 0 Å². The number of quaternary nitrogens is 2. The van der Waals surface area contributed by atoms with Crippen molar-refractivity contribution in [2.45, 2.75) is 6.92 Å². The number of aromatic carboxylic acids is 1. The molecular weight excluding hydrogens is 305 g/mol. The Morgan fingerprint density at radius 3 is 2.35 bits per heavy atom.